The van der Waals surface area contributed by atoms with Gasteiger partial charge in [-0.05, 0) is 36.0 Å². The molecule has 1 nitrogen and oxygen atoms in total. The molecule has 1 saturated carbocycles. The first-order valence-corrected chi connectivity index (χ1v) is 4.96. The molecule has 13 heavy (non-hydrogen) atoms. The van der Waals surface area contributed by atoms with Crippen molar-refractivity contribution in [3.63, 3.8) is 0 Å². The van der Waals surface area contributed by atoms with Gasteiger partial charge in [0.2, 0.25) is 0 Å². The number of carbonyl (C=O) groups is 1. The summed E-state index contributed by atoms with van der Waals surface area (Å²) in [5.74, 6) is 1.57. The number of rotatable bonds is 0. The standard InChI is InChI=1S/C11H9ClO/c12-7-1-2-8-9-3-6(9)4-11(13)10(8)5-7/h1-2,5-6,9H,3-4H2. The van der Waals surface area contributed by atoms with E-state index in [9.17, 15) is 4.79 Å². The molecule has 0 saturated heterocycles. The van der Waals surface area contributed by atoms with Gasteiger partial charge in [0.15, 0.2) is 5.78 Å². The quantitative estimate of drug-likeness (QED) is 0.618. The Morgan fingerprint density at radius 2 is 2.23 bits per heavy atom. The Morgan fingerprint density at radius 3 is 3.08 bits per heavy atom. The summed E-state index contributed by atoms with van der Waals surface area (Å²) in [7, 11) is 0. The largest absolute Gasteiger partial charge is 0.294 e. The van der Waals surface area contributed by atoms with Gasteiger partial charge >= 0.3 is 0 Å². The van der Waals surface area contributed by atoms with Gasteiger partial charge in [0.05, 0.1) is 0 Å². The van der Waals surface area contributed by atoms with Gasteiger partial charge in [-0.2, -0.15) is 0 Å². The minimum Gasteiger partial charge on any atom is -0.294 e. The summed E-state index contributed by atoms with van der Waals surface area (Å²) in [4.78, 5) is 11.6. The van der Waals surface area contributed by atoms with Crippen molar-refractivity contribution >= 4 is 17.4 Å². The Labute approximate surface area is 81.7 Å². The topological polar surface area (TPSA) is 17.1 Å². The van der Waals surface area contributed by atoms with Crippen molar-refractivity contribution in [1.29, 1.82) is 0 Å². The van der Waals surface area contributed by atoms with E-state index >= 15 is 0 Å². The van der Waals surface area contributed by atoms with E-state index in [0.717, 1.165) is 12.0 Å². The molecule has 66 valence electrons. The van der Waals surface area contributed by atoms with Crippen molar-refractivity contribution in [2.45, 2.75) is 18.8 Å². The van der Waals surface area contributed by atoms with Crippen LogP contribution in [0.4, 0.5) is 0 Å². The average Bonchev–Trinajstić information content (AvgIpc) is 2.83. The minimum absolute atomic E-state index is 0.274. The highest BCUT2D eigenvalue weighted by atomic mass is 35.5. The molecule has 1 aromatic carbocycles. The van der Waals surface area contributed by atoms with E-state index in [1.54, 1.807) is 0 Å². The summed E-state index contributed by atoms with van der Waals surface area (Å²) in [5.41, 5.74) is 2.09. The van der Waals surface area contributed by atoms with Gasteiger partial charge in [0.1, 0.15) is 0 Å². The van der Waals surface area contributed by atoms with Crippen LogP contribution in [0.15, 0.2) is 18.2 Å². The van der Waals surface area contributed by atoms with Crippen molar-refractivity contribution in [2.24, 2.45) is 5.92 Å². The predicted octanol–water partition coefficient (Wildman–Crippen LogP) is 3.03. The molecule has 0 radical (unpaired) electrons. The Balaban J connectivity index is 2.20. The monoisotopic (exact) mass is 192 g/mol. The predicted molar refractivity (Wildman–Crippen MR) is 51.2 cm³/mol. The summed E-state index contributed by atoms with van der Waals surface area (Å²) in [6.07, 6.45) is 1.93. The minimum atomic E-state index is 0.274. The van der Waals surface area contributed by atoms with Gasteiger partial charge in [0, 0.05) is 17.0 Å². The average molecular weight is 193 g/mol. The van der Waals surface area contributed by atoms with Crippen molar-refractivity contribution in [1.82, 2.24) is 0 Å². The third-order valence-corrected chi connectivity index (χ3v) is 3.32. The molecule has 0 amide bonds. The molecular weight excluding hydrogens is 184 g/mol. The first-order valence-electron chi connectivity index (χ1n) is 4.58. The highest BCUT2D eigenvalue weighted by Gasteiger charge is 2.45. The van der Waals surface area contributed by atoms with Crippen molar-refractivity contribution in [3.05, 3.63) is 34.3 Å². The second-order valence-corrected chi connectivity index (χ2v) is 4.40. The molecule has 1 fully saturated rings. The summed E-state index contributed by atoms with van der Waals surface area (Å²) in [6.45, 7) is 0. The van der Waals surface area contributed by atoms with E-state index in [0.29, 0.717) is 16.9 Å². The number of Topliss-reactive ketones (excluding diaryl/α,β-unsaturated/α-hetero) is 1. The Kier molecular flexibility index (Phi) is 1.37. The molecular formula is C11H9ClO. The van der Waals surface area contributed by atoms with Crippen LogP contribution in [0.3, 0.4) is 0 Å². The van der Waals surface area contributed by atoms with Crippen LogP contribution in [-0.4, -0.2) is 5.78 Å². The zero-order valence-electron chi connectivity index (χ0n) is 7.09. The van der Waals surface area contributed by atoms with Crippen LogP contribution in [0.2, 0.25) is 5.02 Å². The summed E-state index contributed by atoms with van der Waals surface area (Å²) < 4.78 is 0. The second kappa shape index (κ2) is 2.36. The Morgan fingerprint density at radius 1 is 1.38 bits per heavy atom. The third-order valence-electron chi connectivity index (χ3n) is 3.09. The Hall–Kier alpha value is -0.820. The molecule has 3 rings (SSSR count). The molecule has 0 heterocycles. The molecule has 0 N–H and O–H groups in total. The van der Waals surface area contributed by atoms with Gasteiger partial charge in [-0.25, -0.2) is 0 Å². The summed E-state index contributed by atoms with van der Waals surface area (Å²) in [5, 5.41) is 0.672. The van der Waals surface area contributed by atoms with E-state index in [4.69, 9.17) is 11.6 Å². The van der Waals surface area contributed by atoms with E-state index in [-0.39, 0.29) is 5.78 Å². The summed E-state index contributed by atoms with van der Waals surface area (Å²) >= 11 is 5.85. The molecule has 0 aromatic heterocycles. The smallest absolute Gasteiger partial charge is 0.163 e. The number of hydrogen-bond acceptors (Lipinski definition) is 1. The van der Waals surface area contributed by atoms with E-state index < -0.39 is 0 Å². The SMILES string of the molecule is O=C1CC2CC2c2ccc(Cl)cc21. The van der Waals surface area contributed by atoms with E-state index in [1.807, 2.05) is 18.2 Å². The van der Waals surface area contributed by atoms with Crippen molar-refractivity contribution < 1.29 is 4.79 Å². The van der Waals surface area contributed by atoms with Crippen LogP contribution in [0.1, 0.15) is 34.7 Å². The van der Waals surface area contributed by atoms with Crippen LogP contribution >= 0.6 is 11.6 Å². The number of hydrogen-bond donors (Lipinski definition) is 0. The first kappa shape index (κ1) is 7.57. The van der Waals surface area contributed by atoms with Crippen LogP contribution in [0.25, 0.3) is 0 Å². The highest BCUT2D eigenvalue weighted by Crippen LogP contribution is 2.54. The zero-order valence-corrected chi connectivity index (χ0v) is 7.84. The lowest BCUT2D eigenvalue weighted by atomic mass is 9.91. The Bertz CT molecular complexity index is 397. The molecule has 0 bridgehead atoms. The fourth-order valence-electron chi connectivity index (χ4n) is 2.30. The molecule has 2 aliphatic rings. The van der Waals surface area contributed by atoms with Gasteiger partial charge in [-0.15, -0.1) is 0 Å². The van der Waals surface area contributed by atoms with Crippen LogP contribution in [0, 0.1) is 5.92 Å². The van der Waals surface area contributed by atoms with Crippen molar-refractivity contribution in [3.8, 4) is 0 Å². The van der Waals surface area contributed by atoms with Crippen LogP contribution in [-0.2, 0) is 0 Å². The number of benzene rings is 1. The van der Waals surface area contributed by atoms with Crippen LogP contribution in [0.5, 0.6) is 0 Å². The number of halogens is 1. The molecule has 2 unspecified atom stereocenters. The maximum absolute atomic E-state index is 11.6. The zero-order chi connectivity index (χ0) is 9.00. The molecule has 2 aliphatic carbocycles. The molecule has 1 aromatic rings. The molecule has 0 aliphatic heterocycles. The lowest BCUT2D eigenvalue weighted by Gasteiger charge is -2.13. The molecule has 2 atom stereocenters. The van der Waals surface area contributed by atoms with Gasteiger partial charge in [-0.3, -0.25) is 4.79 Å². The molecule has 0 spiro atoms. The number of ketones is 1. The maximum atomic E-state index is 11.6. The van der Waals surface area contributed by atoms with Gasteiger partial charge in [-0.1, -0.05) is 17.7 Å². The fraction of sp³-hybridized carbons (Fsp3) is 0.364. The normalized spacial score (nSPS) is 29.5. The lowest BCUT2D eigenvalue weighted by Crippen LogP contribution is -2.09. The van der Waals surface area contributed by atoms with E-state index in [1.165, 1.54) is 12.0 Å². The third kappa shape index (κ3) is 1.03. The lowest BCUT2D eigenvalue weighted by molar-refractivity contribution is 0.0969. The first-order chi connectivity index (χ1) is 6.25. The number of fused-ring (bicyclic) bond motifs is 3. The maximum Gasteiger partial charge on any atom is 0.163 e. The van der Waals surface area contributed by atoms with Crippen LogP contribution < -0.4 is 0 Å². The second-order valence-electron chi connectivity index (χ2n) is 3.96. The van der Waals surface area contributed by atoms with Gasteiger partial charge in [0.25, 0.3) is 0 Å². The van der Waals surface area contributed by atoms with Crippen molar-refractivity contribution in [2.75, 3.05) is 0 Å². The molecule has 2 heteroatoms. The van der Waals surface area contributed by atoms with E-state index in [2.05, 4.69) is 0 Å². The number of carbonyl (C=O) groups excluding carboxylic acids is 1. The highest BCUT2D eigenvalue weighted by molar-refractivity contribution is 6.31. The van der Waals surface area contributed by atoms with Gasteiger partial charge < -0.3 is 0 Å². The fourth-order valence-corrected chi connectivity index (χ4v) is 2.47. The summed E-state index contributed by atoms with van der Waals surface area (Å²) in [6, 6.07) is 5.71.